The Morgan fingerprint density at radius 1 is 1.15 bits per heavy atom. The summed E-state index contributed by atoms with van der Waals surface area (Å²) in [6, 6.07) is 10.2. The summed E-state index contributed by atoms with van der Waals surface area (Å²) in [5, 5.41) is 3.12. The van der Waals surface area contributed by atoms with Crippen LogP contribution in [0.25, 0.3) is 0 Å². The van der Waals surface area contributed by atoms with Crippen molar-refractivity contribution in [3.8, 4) is 5.75 Å². The van der Waals surface area contributed by atoms with Crippen LogP contribution in [0.2, 0.25) is 10.0 Å². The standard InChI is InChI=1S/C18H20Cl2N2O4S/c1-4-26-14-10-8-13(9-11-14)22(27(3,24)25)12(2)18(23)21-17-15(19)6-5-7-16(17)20/h5-12H,4H2,1-3H3,(H,21,23)/t12-/m1/s1. The van der Waals surface area contributed by atoms with E-state index in [0.29, 0.717) is 18.0 Å². The minimum Gasteiger partial charge on any atom is -0.494 e. The third-order valence-electron chi connectivity index (χ3n) is 3.70. The highest BCUT2D eigenvalue weighted by Gasteiger charge is 2.29. The number of halogens is 2. The fourth-order valence-corrected chi connectivity index (χ4v) is 4.18. The van der Waals surface area contributed by atoms with Gasteiger partial charge in [0.1, 0.15) is 11.8 Å². The third-order valence-corrected chi connectivity index (χ3v) is 5.57. The van der Waals surface area contributed by atoms with Crippen molar-refractivity contribution in [2.75, 3.05) is 22.5 Å². The first kappa shape index (κ1) is 21.3. The van der Waals surface area contributed by atoms with Gasteiger partial charge in [-0.3, -0.25) is 9.10 Å². The van der Waals surface area contributed by atoms with Gasteiger partial charge in [-0.25, -0.2) is 8.42 Å². The molecular formula is C18H20Cl2N2O4S. The number of ether oxygens (including phenoxy) is 1. The molecule has 0 spiro atoms. The summed E-state index contributed by atoms with van der Waals surface area (Å²) in [5.41, 5.74) is 0.576. The van der Waals surface area contributed by atoms with E-state index in [1.54, 1.807) is 42.5 Å². The lowest BCUT2D eigenvalue weighted by Crippen LogP contribution is -2.45. The van der Waals surface area contributed by atoms with Gasteiger partial charge in [-0.2, -0.15) is 0 Å². The summed E-state index contributed by atoms with van der Waals surface area (Å²) < 4.78 is 31.1. The minimum atomic E-state index is -3.73. The van der Waals surface area contributed by atoms with Crippen LogP contribution >= 0.6 is 23.2 Å². The molecule has 1 atom stereocenters. The minimum absolute atomic E-state index is 0.234. The molecule has 1 N–H and O–H groups in total. The second kappa shape index (κ2) is 8.82. The van der Waals surface area contributed by atoms with Gasteiger partial charge in [0, 0.05) is 0 Å². The Morgan fingerprint density at radius 2 is 1.70 bits per heavy atom. The van der Waals surface area contributed by atoms with Gasteiger partial charge in [0.15, 0.2) is 0 Å². The monoisotopic (exact) mass is 430 g/mol. The largest absolute Gasteiger partial charge is 0.494 e. The van der Waals surface area contributed by atoms with Gasteiger partial charge in [0.25, 0.3) is 0 Å². The Balaban J connectivity index is 2.32. The van der Waals surface area contributed by atoms with Gasteiger partial charge < -0.3 is 10.1 Å². The number of rotatable bonds is 7. The molecule has 0 aliphatic heterocycles. The zero-order chi connectivity index (χ0) is 20.2. The van der Waals surface area contributed by atoms with Crippen LogP contribution in [0, 0.1) is 0 Å². The molecule has 0 heterocycles. The van der Waals surface area contributed by atoms with E-state index in [1.807, 2.05) is 6.92 Å². The zero-order valence-corrected chi connectivity index (χ0v) is 17.4. The number of sulfonamides is 1. The number of carbonyl (C=O) groups excluding carboxylic acids is 1. The predicted molar refractivity (Wildman–Crippen MR) is 109 cm³/mol. The maximum atomic E-state index is 12.7. The lowest BCUT2D eigenvalue weighted by atomic mass is 10.2. The average molecular weight is 431 g/mol. The van der Waals surface area contributed by atoms with Crippen molar-refractivity contribution in [2.45, 2.75) is 19.9 Å². The number of hydrogen-bond acceptors (Lipinski definition) is 4. The van der Waals surface area contributed by atoms with Crippen molar-refractivity contribution in [1.82, 2.24) is 0 Å². The van der Waals surface area contributed by atoms with Crippen LogP contribution in [-0.2, 0) is 14.8 Å². The Hall–Kier alpha value is -1.96. The summed E-state index contributed by atoms with van der Waals surface area (Å²) in [4.78, 5) is 12.7. The van der Waals surface area contributed by atoms with Gasteiger partial charge in [-0.1, -0.05) is 29.3 Å². The molecule has 0 bridgehead atoms. The number of benzene rings is 2. The van der Waals surface area contributed by atoms with Crippen molar-refractivity contribution in [2.24, 2.45) is 0 Å². The summed E-state index contributed by atoms with van der Waals surface area (Å²) in [6.45, 7) is 3.83. The molecule has 0 radical (unpaired) electrons. The highest BCUT2D eigenvalue weighted by atomic mass is 35.5. The number of anilines is 2. The maximum Gasteiger partial charge on any atom is 0.248 e. The molecule has 2 rings (SSSR count). The summed E-state index contributed by atoms with van der Waals surface area (Å²) in [6.07, 6.45) is 1.04. The van der Waals surface area contributed by atoms with Crippen LogP contribution in [0.4, 0.5) is 11.4 Å². The Morgan fingerprint density at radius 3 is 2.19 bits per heavy atom. The number of nitrogens with zero attached hydrogens (tertiary/aromatic N) is 1. The van der Waals surface area contributed by atoms with Crippen molar-refractivity contribution < 1.29 is 17.9 Å². The predicted octanol–water partition coefficient (Wildman–Crippen LogP) is 4.19. The van der Waals surface area contributed by atoms with Crippen LogP contribution in [0.1, 0.15) is 13.8 Å². The fourth-order valence-electron chi connectivity index (χ4n) is 2.51. The Bertz CT molecular complexity index is 897. The lowest BCUT2D eigenvalue weighted by molar-refractivity contribution is -0.116. The van der Waals surface area contributed by atoms with E-state index < -0.39 is 22.0 Å². The molecule has 0 aliphatic carbocycles. The molecule has 27 heavy (non-hydrogen) atoms. The molecule has 9 heteroatoms. The van der Waals surface area contributed by atoms with E-state index >= 15 is 0 Å². The van der Waals surface area contributed by atoms with E-state index in [4.69, 9.17) is 27.9 Å². The van der Waals surface area contributed by atoms with Crippen LogP contribution in [0.3, 0.4) is 0 Å². The van der Waals surface area contributed by atoms with E-state index in [2.05, 4.69) is 5.32 Å². The lowest BCUT2D eigenvalue weighted by Gasteiger charge is -2.28. The van der Waals surface area contributed by atoms with Gasteiger partial charge in [-0.05, 0) is 50.2 Å². The van der Waals surface area contributed by atoms with E-state index in [9.17, 15) is 13.2 Å². The van der Waals surface area contributed by atoms with E-state index in [-0.39, 0.29) is 15.7 Å². The Labute approximate surface area is 169 Å². The van der Waals surface area contributed by atoms with Crippen molar-refractivity contribution >= 4 is 50.5 Å². The first-order valence-electron chi connectivity index (χ1n) is 8.12. The third kappa shape index (κ3) is 5.28. The molecular weight excluding hydrogens is 411 g/mol. The second-order valence-corrected chi connectivity index (χ2v) is 8.42. The maximum absolute atomic E-state index is 12.7. The number of amides is 1. The number of para-hydroxylation sites is 1. The highest BCUT2D eigenvalue weighted by Crippen LogP contribution is 2.31. The van der Waals surface area contributed by atoms with Gasteiger partial charge in [0.2, 0.25) is 15.9 Å². The van der Waals surface area contributed by atoms with Crippen LogP contribution in [0.5, 0.6) is 5.75 Å². The molecule has 2 aromatic rings. The molecule has 146 valence electrons. The highest BCUT2D eigenvalue weighted by molar-refractivity contribution is 7.92. The molecule has 0 saturated heterocycles. The average Bonchev–Trinajstić information content (AvgIpc) is 2.59. The summed E-state index contributed by atoms with van der Waals surface area (Å²) >= 11 is 12.1. The molecule has 6 nitrogen and oxygen atoms in total. The molecule has 0 unspecified atom stereocenters. The molecule has 0 fully saturated rings. The van der Waals surface area contributed by atoms with Crippen LogP contribution < -0.4 is 14.4 Å². The molecule has 1 amide bonds. The zero-order valence-electron chi connectivity index (χ0n) is 15.1. The molecule has 2 aromatic carbocycles. The quantitative estimate of drug-likeness (QED) is 0.714. The molecule has 0 aromatic heterocycles. The fraction of sp³-hybridized carbons (Fsp3) is 0.278. The molecule has 0 aliphatic rings. The Kier molecular flexibility index (Phi) is 6.97. The summed E-state index contributed by atoms with van der Waals surface area (Å²) in [7, 11) is -3.73. The first-order chi connectivity index (χ1) is 12.6. The number of carbonyl (C=O) groups is 1. The van der Waals surface area contributed by atoms with E-state index in [1.165, 1.54) is 6.92 Å². The topological polar surface area (TPSA) is 75.7 Å². The first-order valence-corrected chi connectivity index (χ1v) is 10.7. The van der Waals surface area contributed by atoms with Gasteiger partial charge >= 0.3 is 0 Å². The second-order valence-electron chi connectivity index (χ2n) is 5.75. The normalized spacial score (nSPS) is 12.3. The molecule has 0 saturated carbocycles. The van der Waals surface area contributed by atoms with Crippen LogP contribution in [-0.4, -0.2) is 33.2 Å². The summed E-state index contributed by atoms with van der Waals surface area (Å²) in [5.74, 6) is 0.0407. The number of nitrogens with one attached hydrogen (secondary N) is 1. The van der Waals surface area contributed by atoms with Crippen molar-refractivity contribution in [3.05, 3.63) is 52.5 Å². The SMILES string of the molecule is CCOc1ccc(N([C@H](C)C(=O)Nc2c(Cl)cccc2Cl)S(C)(=O)=O)cc1. The smallest absolute Gasteiger partial charge is 0.248 e. The van der Waals surface area contributed by atoms with Gasteiger partial charge in [-0.15, -0.1) is 0 Å². The van der Waals surface area contributed by atoms with Crippen molar-refractivity contribution in [3.63, 3.8) is 0 Å². The van der Waals surface area contributed by atoms with Crippen molar-refractivity contribution in [1.29, 1.82) is 0 Å². The number of hydrogen-bond donors (Lipinski definition) is 1. The van der Waals surface area contributed by atoms with Crippen LogP contribution in [0.15, 0.2) is 42.5 Å². The van der Waals surface area contributed by atoms with Gasteiger partial charge in [0.05, 0.1) is 34.3 Å². The van der Waals surface area contributed by atoms with E-state index in [0.717, 1.165) is 10.6 Å².